The van der Waals surface area contributed by atoms with Crippen LogP contribution in [0.1, 0.15) is 0 Å². The van der Waals surface area contributed by atoms with Crippen LogP contribution in [0.2, 0.25) is 14.5 Å². The number of halogens is 3. The lowest BCUT2D eigenvalue weighted by molar-refractivity contribution is 0.109. The van der Waals surface area contributed by atoms with Crippen molar-refractivity contribution in [1.29, 1.82) is 0 Å². The fraction of sp³-hybridized carbons (Fsp3) is 0.364. The van der Waals surface area contributed by atoms with E-state index in [-0.39, 0.29) is 41.9 Å². The van der Waals surface area contributed by atoms with Crippen LogP contribution in [0.3, 0.4) is 0 Å². The van der Waals surface area contributed by atoms with E-state index < -0.39 is 0 Å². The first-order valence-corrected chi connectivity index (χ1v) is 40.8. The number of nitrogens with one attached hydrogen (secondary N) is 1. The van der Waals surface area contributed by atoms with E-state index in [9.17, 15) is 0 Å². The quantitative estimate of drug-likeness (QED) is 0.194. The van der Waals surface area contributed by atoms with Crippen LogP contribution in [0, 0.1) is 0 Å². The summed E-state index contributed by atoms with van der Waals surface area (Å²) in [7, 11) is 24.4. The van der Waals surface area contributed by atoms with Crippen molar-refractivity contribution in [1.82, 2.24) is 15.3 Å². The largest absolute Gasteiger partial charge is 0.379 e. The third-order valence-corrected chi connectivity index (χ3v) is 87.4. The van der Waals surface area contributed by atoms with Crippen LogP contribution in [0.5, 0.6) is 0 Å². The molecule has 2 aromatic heterocycles. The van der Waals surface area contributed by atoms with Gasteiger partial charge in [-0.05, 0) is 78.3 Å². The molecule has 4 aromatic rings. The topological polar surface area (TPSA) is 59.5 Å². The molecule has 0 amide bonds. The van der Waals surface area contributed by atoms with Gasteiger partial charge in [0.25, 0.3) is 0 Å². The molecule has 0 radical (unpaired) electrons. The summed E-state index contributed by atoms with van der Waals surface area (Å²) in [4.78, 5) is 10.9. The predicted molar refractivity (Wildman–Crippen MR) is 260 cm³/mol. The summed E-state index contributed by atoms with van der Waals surface area (Å²) in [5.74, 6) is 0. The van der Waals surface area contributed by atoms with Gasteiger partial charge in [-0.2, -0.15) is 0 Å². The second-order valence-electron chi connectivity index (χ2n) is 9.21. The summed E-state index contributed by atoms with van der Waals surface area (Å²) >= 11 is 20.6. The maximum Gasteiger partial charge on any atom is 0.186 e. The number of aromatic nitrogens is 2. The van der Waals surface area contributed by atoms with Gasteiger partial charge < -0.3 is 19.7 Å². The molecule has 0 saturated carbocycles. The van der Waals surface area contributed by atoms with Gasteiger partial charge in [-0.15, -0.1) is 82.8 Å². The molecule has 0 bridgehead atoms. The van der Waals surface area contributed by atoms with E-state index in [0.717, 1.165) is 78.5 Å². The maximum atomic E-state index is 5.94. The SMILES string of the molecule is C1COCCN1.Clc1ccc2sc(Cl)nc2c1.Clc1ccc2sc(N3CCOCC3)nc2c1.PP(P)P(P(P)P)P(P(P)P)P(P)P. The lowest BCUT2D eigenvalue weighted by atomic mass is 10.3. The maximum absolute atomic E-state index is 5.94. The molecule has 0 spiro atoms. The smallest absolute Gasteiger partial charge is 0.186 e. The Morgan fingerprint density at radius 2 is 1.09 bits per heavy atom. The molecule has 8 atom stereocenters. The number of benzene rings is 2. The second-order valence-corrected chi connectivity index (χ2v) is 66.2. The highest BCUT2D eigenvalue weighted by molar-refractivity contribution is 9.27. The average Bonchev–Trinajstić information content (AvgIpc) is 3.63. The molecule has 4 heterocycles. The number of anilines is 1. The van der Waals surface area contributed by atoms with Crippen molar-refractivity contribution in [2.24, 2.45) is 0 Å². The van der Waals surface area contributed by atoms with Crippen LogP contribution in [0.25, 0.3) is 20.4 Å². The molecular formula is C22H39Cl3N4O2P14S2. The third-order valence-electron chi connectivity index (χ3n) is 5.78. The number of nitrogens with zero attached hydrogens (tertiary/aromatic N) is 3. The molecule has 47 heavy (non-hydrogen) atoms. The Morgan fingerprint density at radius 3 is 1.51 bits per heavy atom. The monoisotopic (exact) mass is 994 g/mol. The Morgan fingerprint density at radius 1 is 0.638 bits per heavy atom. The Balaban J connectivity index is 0.000000178. The molecule has 6 rings (SSSR count). The predicted octanol–water partition coefficient (Wildman–Crippen LogP) is 13.8. The highest BCUT2D eigenvalue weighted by Gasteiger charge is 2.32. The van der Waals surface area contributed by atoms with Gasteiger partial charge >= 0.3 is 0 Å². The Labute approximate surface area is 326 Å². The molecule has 262 valence electrons. The van der Waals surface area contributed by atoms with Crippen LogP contribution in [-0.4, -0.2) is 62.6 Å². The van der Waals surface area contributed by atoms with E-state index in [2.05, 4.69) is 91.6 Å². The number of fused-ring (bicyclic) bond motifs is 2. The van der Waals surface area contributed by atoms with Crippen molar-refractivity contribution in [3.8, 4) is 0 Å². The first-order valence-electron chi connectivity index (χ1n) is 13.5. The van der Waals surface area contributed by atoms with Crippen LogP contribution >= 0.6 is 171 Å². The molecule has 2 saturated heterocycles. The molecule has 6 nitrogen and oxygen atoms in total. The minimum Gasteiger partial charge on any atom is -0.379 e. The molecule has 8 unspecified atom stereocenters. The summed E-state index contributed by atoms with van der Waals surface area (Å²) in [5, 5.41) is 5.67. The van der Waals surface area contributed by atoms with Gasteiger partial charge in [-0.25, -0.2) is 9.97 Å². The summed E-state index contributed by atoms with van der Waals surface area (Å²) < 4.78 is 13.1. The third kappa shape index (κ3) is 16.8. The van der Waals surface area contributed by atoms with E-state index in [0.29, 0.717) is 9.49 Å². The molecule has 25 heteroatoms. The van der Waals surface area contributed by atoms with Crippen molar-refractivity contribution in [2.75, 3.05) is 57.5 Å². The van der Waals surface area contributed by atoms with Crippen molar-refractivity contribution >= 4 is 196 Å². The molecule has 2 fully saturated rings. The van der Waals surface area contributed by atoms with Crippen molar-refractivity contribution in [3.63, 3.8) is 0 Å². The van der Waals surface area contributed by atoms with Crippen LogP contribution in [0.15, 0.2) is 36.4 Å². The molecule has 2 aromatic carbocycles. The average molecular weight is 996 g/mol. The van der Waals surface area contributed by atoms with Crippen LogP contribution in [-0.2, 0) is 9.47 Å². The lowest BCUT2D eigenvalue weighted by Crippen LogP contribution is -2.36. The zero-order chi connectivity index (χ0) is 34.5. The van der Waals surface area contributed by atoms with Crippen molar-refractivity contribution in [2.45, 2.75) is 0 Å². The van der Waals surface area contributed by atoms with Crippen LogP contribution < -0.4 is 10.2 Å². The zero-order valence-corrected chi connectivity index (χ0v) is 43.5. The number of hydrogen-bond donors (Lipinski definition) is 1. The zero-order valence-electron chi connectivity index (χ0n) is 25.0. The Bertz CT molecular complexity index is 1460. The van der Waals surface area contributed by atoms with E-state index in [1.54, 1.807) is 17.4 Å². The summed E-state index contributed by atoms with van der Waals surface area (Å²) in [5.41, 5.74) is 1.85. The molecule has 0 aliphatic carbocycles. The van der Waals surface area contributed by atoms with Gasteiger partial charge in [0, 0.05) is 36.2 Å². The van der Waals surface area contributed by atoms with Gasteiger partial charge in [0.1, 0.15) is 0 Å². The minimum absolute atomic E-state index is 0.0856. The highest BCUT2D eigenvalue weighted by Crippen LogP contribution is 3.21. The molecule has 2 aliphatic rings. The van der Waals surface area contributed by atoms with Gasteiger partial charge in [0.2, 0.25) is 0 Å². The number of hydrogen-bond acceptors (Lipinski definition) is 8. The van der Waals surface area contributed by atoms with Crippen molar-refractivity contribution in [3.05, 3.63) is 50.9 Å². The van der Waals surface area contributed by atoms with E-state index in [1.165, 1.54) is 16.0 Å². The van der Waals surface area contributed by atoms with Gasteiger partial charge in [0.15, 0.2) is 9.60 Å². The molecule has 1 N–H and O–H groups in total. The van der Waals surface area contributed by atoms with E-state index in [4.69, 9.17) is 44.3 Å². The van der Waals surface area contributed by atoms with E-state index in [1.807, 2.05) is 30.3 Å². The number of thiazole rings is 2. The van der Waals surface area contributed by atoms with Gasteiger partial charge in [-0.3, -0.25) is 0 Å². The van der Waals surface area contributed by atoms with Crippen molar-refractivity contribution < 1.29 is 9.47 Å². The van der Waals surface area contributed by atoms with E-state index >= 15 is 0 Å². The first kappa shape index (κ1) is 46.2. The number of morpholine rings is 2. The lowest BCUT2D eigenvalue weighted by Gasteiger charge is -2.37. The summed E-state index contributed by atoms with van der Waals surface area (Å²) in [6.07, 6.45) is 0. The van der Waals surface area contributed by atoms with Crippen LogP contribution in [0.4, 0.5) is 5.13 Å². The summed E-state index contributed by atoms with van der Waals surface area (Å²) in [6.45, 7) is 8.00. The Hall–Kier alpha value is 4.79. The minimum atomic E-state index is 0.0856. The molecular weight excluding hydrogens is 956 g/mol. The first-order chi connectivity index (χ1) is 22.4. The highest BCUT2D eigenvalue weighted by atomic mass is 35.5. The normalized spacial score (nSPS) is 15.3. The second kappa shape index (κ2) is 25.1. The molecule has 2 aliphatic heterocycles. The Kier molecular flexibility index (Phi) is 24.7. The van der Waals surface area contributed by atoms with Gasteiger partial charge in [-0.1, -0.05) is 46.1 Å². The number of ether oxygens (including phenoxy) is 2. The number of rotatable bonds is 6. The summed E-state index contributed by atoms with van der Waals surface area (Å²) in [6, 6.07) is 11.4. The van der Waals surface area contributed by atoms with Gasteiger partial charge in [0.05, 0.1) is 46.9 Å². The fourth-order valence-electron chi connectivity index (χ4n) is 3.77. The standard InChI is InChI=1S/C11H11ClN2OS.C7H3Cl2NS.C4H9NO.H16P14/c12-8-1-2-10-9(7-8)13-11(16-10)14-3-5-15-6-4-14;8-4-1-2-6-5(3-4)10-7(9)11-6;1-3-6-4-2-5-1;1-9(2)13(10(3)4)14(11(5)6)12(7)8/h1-2,7H,3-6H2;1-3H;5H,1-4H2;1-8H2. The fourth-order valence-corrected chi connectivity index (χ4v) is 153.